The standard InChI is InChI=1S/C13H14FNO3/c1-8(5-6-16)15-13(17)11-7-9-3-2-4-10(14)12(9)18-11/h2-4,7-8,16H,5-6H2,1H3,(H,15,17). The van der Waals surface area contributed by atoms with Crippen LogP contribution < -0.4 is 5.32 Å². The third-order valence-electron chi connectivity index (χ3n) is 2.66. The molecule has 1 heterocycles. The zero-order chi connectivity index (χ0) is 13.1. The van der Waals surface area contributed by atoms with Gasteiger partial charge in [0, 0.05) is 18.0 Å². The zero-order valence-corrected chi connectivity index (χ0v) is 9.94. The Morgan fingerprint density at radius 1 is 1.56 bits per heavy atom. The molecular weight excluding hydrogens is 237 g/mol. The number of aliphatic hydroxyl groups is 1. The summed E-state index contributed by atoms with van der Waals surface area (Å²) < 4.78 is 18.6. The van der Waals surface area contributed by atoms with Crippen molar-refractivity contribution in [2.75, 3.05) is 6.61 Å². The molecule has 2 N–H and O–H groups in total. The first-order valence-electron chi connectivity index (χ1n) is 5.71. The highest BCUT2D eigenvalue weighted by Crippen LogP contribution is 2.21. The molecule has 0 spiro atoms. The molecule has 1 aromatic heterocycles. The molecule has 18 heavy (non-hydrogen) atoms. The van der Waals surface area contributed by atoms with Crippen LogP contribution in [0.25, 0.3) is 11.0 Å². The van der Waals surface area contributed by atoms with Gasteiger partial charge in [-0.25, -0.2) is 4.39 Å². The molecule has 0 aliphatic heterocycles. The quantitative estimate of drug-likeness (QED) is 0.874. The number of furan rings is 1. The fourth-order valence-corrected chi connectivity index (χ4v) is 1.70. The van der Waals surface area contributed by atoms with Gasteiger partial charge in [-0.1, -0.05) is 12.1 Å². The maximum absolute atomic E-state index is 13.4. The van der Waals surface area contributed by atoms with Crippen LogP contribution >= 0.6 is 0 Å². The van der Waals surface area contributed by atoms with E-state index in [0.717, 1.165) is 0 Å². The van der Waals surface area contributed by atoms with Gasteiger partial charge in [-0.3, -0.25) is 4.79 Å². The highest BCUT2D eigenvalue weighted by Gasteiger charge is 2.15. The molecule has 2 rings (SSSR count). The van der Waals surface area contributed by atoms with Crippen LogP contribution in [0.4, 0.5) is 4.39 Å². The summed E-state index contributed by atoms with van der Waals surface area (Å²) >= 11 is 0. The summed E-state index contributed by atoms with van der Waals surface area (Å²) in [5, 5.41) is 12.0. The Hall–Kier alpha value is -1.88. The molecule has 0 saturated heterocycles. The minimum absolute atomic E-state index is 0.00376. The van der Waals surface area contributed by atoms with Crippen molar-refractivity contribution in [3.8, 4) is 0 Å². The number of benzene rings is 1. The number of carbonyl (C=O) groups is 1. The van der Waals surface area contributed by atoms with Crippen LogP contribution in [0.1, 0.15) is 23.9 Å². The van der Waals surface area contributed by atoms with E-state index >= 15 is 0 Å². The van der Waals surface area contributed by atoms with Crippen molar-refractivity contribution in [1.29, 1.82) is 0 Å². The van der Waals surface area contributed by atoms with Gasteiger partial charge in [-0.2, -0.15) is 0 Å². The van der Waals surface area contributed by atoms with Crippen LogP contribution in [-0.4, -0.2) is 23.7 Å². The first-order valence-corrected chi connectivity index (χ1v) is 5.71. The van der Waals surface area contributed by atoms with Crippen LogP contribution in [0.15, 0.2) is 28.7 Å². The maximum Gasteiger partial charge on any atom is 0.287 e. The zero-order valence-electron chi connectivity index (χ0n) is 9.94. The number of amides is 1. The lowest BCUT2D eigenvalue weighted by atomic mass is 10.2. The molecule has 0 radical (unpaired) electrons. The molecule has 1 unspecified atom stereocenters. The van der Waals surface area contributed by atoms with Gasteiger partial charge in [0.1, 0.15) is 0 Å². The van der Waals surface area contributed by atoms with Crippen LogP contribution in [0.3, 0.4) is 0 Å². The number of hydrogen-bond acceptors (Lipinski definition) is 3. The lowest BCUT2D eigenvalue weighted by molar-refractivity contribution is 0.0908. The van der Waals surface area contributed by atoms with Gasteiger partial charge in [0.15, 0.2) is 17.2 Å². The number of fused-ring (bicyclic) bond motifs is 1. The SMILES string of the molecule is CC(CCO)NC(=O)c1cc2cccc(F)c2o1. The number of rotatable bonds is 4. The molecule has 1 aromatic carbocycles. The first-order chi connectivity index (χ1) is 8.61. The normalized spacial score (nSPS) is 12.6. The van der Waals surface area contributed by atoms with Crippen molar-refractivity contribution in [2.24, 2.45) is 0 Å². The molecule has 96 valence electrons. The summed E-state index contributed by atoms with van der Waals surface area (Å²) in [6.45, 7) is 1.77. The predicted molar refractivity (Wildman–Crippen MR) is 64.8 cm³/mol. The summed E-state index contributed by atoms with van der Waals surface area (Å²) in [7, 11) is 0. The van der Waals surface area contributed by atoms with Crippen molar-refractivity contribution >= 4 is 16.9 Å². The van der Waals surface area contributed by atoms with Crippen LogP contribution in [0.2, 0.25) is 0 Å². The van der Waals surface area contributed by atoms with Gasteiger partial charge in [0.05, 0.1) is 0 Å². The molecule has 4 nitrogen and oxygen atoms in total. The molecule has 0 aliphatic rings. The summed E-state index contributed by atoms with van der Waals surface area (Å²) in [5.74, 6) is -0.832. The highest BCUT2D eigenvalue weighted by atomic mass is 19.1. The molecule has 0 bridgehead atoms. The van der Waals surface area contributed by atoms with Crippen molar-refractivity contribution in [3.63, 3.8) is 0 Å². The molecule has 0 saturated carbocycles. The minimum Gasteiger partial charge on any atom is -0.448 e. The Balaban J connectivity index is 2.21. The highest BCUT2D eigenvalue weighted by molar-refractivity contribution is 5.96. The van der Waals surface area contributed by atoms with E-state index in [-0.39, 0.29) is 24.0 Å². The number of nitrogens with one attached hydrogen (secondary N) is 1. The van der Waals surface area contributed by atoms with Gasteiger partial charge in [-0.15, -0.1) is 0 Å². The Labute approximate surface area is 103 Å². The second kappa shape index (κ2) is 5.18. The summed E-state index contributed by atoms with van der Waals surface area (Å²) in [4.78, 5) is 11.8. The molecule has 0 aliphatic carbocycles. The molecule has 2 aromatic rings. The van der Waals surface area contributed by atoms with Gasteiger partial charge >= 0.3 is 0 Å². The molecule has 5 heteroatoms. The van der Waals surface area contributed by atoms with Gasteiger partial charge in [-0.05, 0) is 25.5 Å². The lowest BCUT2D eigenvalue weighted by Gasteiger charge is -2.10. The van der Waals surface area contributed by atoms with Crippen molar-refractivity contribution in [2.45, 2.75) is 19.4 Å². The van der Waals surface area contributed by atoms with Gasteiger partial charge in [0.2, 0.25) is 0 Å². The van der Waals surface area contributed by atoms with E-state index in [1.54, 1.807) is 19.1 Å². The van der Waals surface area contributed by atoms with Crippen LogP contribution in [-0.2, 0) is 0 Å². The van der Waals surface area contributed by atoms with E-state index in [9.17, 15) is 9.18 Å². The fraction of sp³-hybridized carbons (Fsp3) is 0.308. The van der Waals surface area contributed by atoms with E-state index < -0.39 is 11.7 Å². The third-order valence-corrected chi connectivity index (χ3v) is 2.66. The van der Waals surface area contributed by atoms with E-state index in [1.165, 1.54) is 12.1 Å². The topological polar surface area (TPSA) is 62.5 Å². The van der Waals surface area contributed by atoms with Crippen LogP contribution in [0, 0.1) is 5.82 Å². The van der Waals surface area contributed by atoms with Gasteiger partial charge in [0.25, 0.3) is 5.91 Å². The Kier molecular flexibility index (Phi) is 3.62. The fourth-order valence-electron chi connectivity index (χ4n) is 1.70. The van der Waals surface area contributed by atoms with Crippen molar-refractivity contribution in [1.82, 2.24) is 5.32 Å². The van der Waals surface area contributed by atoms with Crippen LogP contribution in [0.5, 0.6) is 0 Å². The Morgan fingerprint density at radius 3 is 3.00 bits per heavy atom. The summed E-state index contributed by atoms with van der Waals surface area (Å²) in [5.41, 5.74) is 0.0810. The number of carbonyl (C=O) groups excluding carboxylic acids is 1. The Morgan fingerprint density at radius 2 is 2.33 bits per heavy atom. The number of hydrogen-bond donors (Lipinski definition) is 2. The Bertz CT molecular complexity index is 564. The molecule has 1 amide bonds. The average molecular weight is 251 g/mol. The molecule has 1 atom stereocenters. The first kappa shape index (κ1) is 12.6. The maximum atomic E-state index is 13.4. The van der Waals surface area contributed by atoms with Crippen molar-refractivity contribution < 1.29 is 18.7 Å². The van der Waals surface area contributed by atoms with E-state index in [1.807, 2.05) is 0 Å². The monoisotopic (exact) mass is 251 g/mol. The second-order valence-corrected chi connectivity index (χ2v) is 4.16. The largest absolute Gasteiger partial charge is 0.448 e. The smallest absolute Gasteiger partial charge is 0.287 e. The molecule has 0 fully saturated rings. The predicted octanol–water partition coefficient (Wildman–Crippen LogP) is 2.07. The van der Waals surface area contributed by atoms with E-state index in [2.05, 4.69) is 5.32 Å². The lowest BCUT2D eigenvalue weighted by Crippen LogP contribution is -2.32. The van der Waals surface area contributed by atoms with E-state index in [0.29, 0.717) is 11.8 Å². The number of para-hydroxylation sites is 1. The summed E-state index contributed by atoms with van der Waals surface area (Å²) in [6, 6.07) is 5.85. The van der Waals surface area contributed by atoms with Crippen molar-refractivity contribution in [3.05, 3.63) is 35.8 Å². The second-order valence-electron chi connectivity index (χ2n) is 4.16. The third kappa shape index (κ3) is 2.51. The summed E-state index contributed by atoms with van der Waals surface area (Å²) in [6.07, 6.45) is 0.459. The van der Waals surface area contributed by atoms with Gasteiger partial charge < -0.3 is 14.8 Å². The number of aliphatic hydroxyl groups excluding tert-OH is 1. The number of halogens is 1. The minimum atomic E-state index is -0.491. The van der Waals surface area contributed by atoms with E-state index in [4.69, 9.17) is 9.52 Å². The molecular formula is C13H14FNO3. The average Bonchev–Trinajstić information content (AvgIpc) is 2.74.